The maximum absolute atomic E-state index is 11.9. The van der Waals surface area contributed by atoms with Gasteiger partial charge in [0.05, 0.1) is 16.9 Å². The number of hydrogen-bond acceptors (Lipinski definition) is 2. The van der Waals surface area contributed by atoms with E-state index >= 15 is 0 Å². The number of hydrogen-bond donors (Lipinski definition) is 1. The molecule has 1 atom stereocenters. The van der Waals surface area contributed by atoms with E-state index in [1.54, 1.807) is 0 Å². The molecule has 0 radical (unpaired) electrons. The fourth-order valence-corrected chi connectivity index (χ4v) is 2.67. The molecule has 0 heterocycles. The van der Waals surface area contributed by atoms with Gasteiger partial charge in [-0.05, 0) is 32.1 Å². The largest absolute Gasteiger partial charge is 0.353 e. The molecule has 0 aliphatic heterocycles. The van der Waals surface area contributed by atoms with Gasteiger partial charge in [0, 0.05) is 6.04 Å². The third-order valence-electron chi connectivity index (χ3n) is 4.11. The number of rotatable bonds is 3. The van der Waals surface area contributed by atoms with Crippen molar-refractivity contribution in [3.05, 3.63) is 0 Å². The third kappa shape index (κ3) is 1.35. The Kier molecular flexibility index (Phi) is 2.08. The van der Waals surface area contributed by atoms with E-state index in [1.807, 2.05) is 6.92 Å². The van der Waals surface area contributed by atoms with Crippen LogP contribution in [0.2, 0.25) is 0 Å². The smallest absolute Gasteiger partial charge is 0.226 e. The van der Waals surface area contributed by atoms with Gasteiger partial charge in [-0.1, -0.05) is 13.8 Å². The van der Waals surface area contributed by atoms with Crippen LogP contribution in [0.25, 0.3) is 0 Å². The van der Waals surface area contributed by atoms with Gasteiger partial charge in [0.25, 0.3) is 0 Å². The highest BCUT2D eigenvalue weighted by Gasteiger charge is 2.72. The van der Waals surface area contributed by atoms with Gasteiger partial charge in [0.15, 0.2) is 0 Å². The minimum atomic E-state index is -0.168. The number of nitrogens with one attached hydrogen (secondary N) is 1. The topological polar surface area (TPSA) is 52.9 Å². The number of nitrogens with zero attached hydrogens (tertiary/aromatic N) is 1. The first-order chi connectivity index (χ1) is 6.93. The second-order valence-electron chi connectivity index (χ2n) is 5.71. The molecule has 0 aromatic rings. The molecule has 3 fully saturated rings. The van der Waals surface area contributed by atoms with E-state index in [4.69, 9.17) is 5.26 Å². The standard InChI is InChI=1S/C12H18N2O/c1-8(2)9(3)14-10(15)12-4-11(5-12,6-12)7-13/h8-9H,4-6H2,1-3H3,(H,14,15). The number of amides is 1. The molecule has 2 bridgehead atoms. The van der Waals surface area contributed by atoms with Gasteiger partial charge < -0.3 is 5.32 Å². The van der Waals surface area contributed by atoms with Gasteiger partial charge in [-0.2, -0.15) is 5.26 Å². The van der Waals surface area contributed by atoms with Crippen LogP contribution >= 0.6 is 0 Å². The molecule has 0 saturated heterocycles. The summed E-state index contributed by atoms with van der Waals surface area (Å²) in [4.78, 5) is 11.9. The summed E-state index contributed by atoms with van der Waals surface area (Å²) in [6.07, 6.45) is 2.35. The molecule has 3 rings (SSSR count). The van der Waals surface area contributed by atoms with Gasteiger partial charge in [-0.15, -0.1) is 0 Å². The Morgan fingerprint density at radius 1 is 1.33 bits per heavy atom. The lowest BCUT2D eigenvalue weighted by molar-refractivity contribution is -0.186. The zero-order valence-electron chi connectivity index (χ0n) is 9.63. The Morgan fingerprint density at radius 2 is 1.87 bits per heavy atom. The Labute approximate surface area is 90.8 Å². The number of carbonyl (C=O) groups excluding carboxylic acids is 1. The Morgan fingerprint density at radius 3 is 2.27 bits per heavy atom. The van der Waals surface area contributed by atoms with E-state index in [0.29, 0.717) is 5.92 Å². The summed E-state index contributed by atoms with van der Waals surface area (Å²) in [5.41, 5.74) is -0.294. The first-order valence-electron chi connectivity index (χ1n) is 5.65. The number of nitriles is 1. The van der Waals surface area contributed by atoms with E-state index in [1.165, 1.54) is 0 Å². The van der Waals surface area contributed by atoms with E-state index in [2.05, 4.69) is 25.2 Å². The van der Waals surface area contributed by atoms with Crippen LogP contribution in [0.3, 0.4) is 0 Å². The minimum Gasteiger partial charge on any atom is -0.353 e. The maximum atomic E-state index is 11.9. The molecule has 1 N–H and O–H groups in total. The molecule has 0 spiro atoms. The van der Waals surface area contributed by atoms with E-state index in [0.717, 1.165) is 19.3 Å². The highest BCUT2D eigenvalue weighted by Crippen LogP contribution is 2.73. The van der Waals surface area contributed by atoms with Crippen molar-refractivity contribution in [1.29, 1.82) is 5.26 Å². The van der Waals surface area contributed by atoms with Gasteiger partial charge in [-0.3, -0.25) is 4.79 Å². The van der Waals surface area contributed by atoms with Crippen LogP contribution in [-0.4, -0.2) is 11.9 Å². The van der Waals surface area contributed by atoms with Crippen molar-refractivity contribution in [2.75, 3.05) is 0 Å². The fraction of sp³-hybridized carbons (Fsp3) is 0.833. The molecule has 3 nitrogen and oxygen atoms in total. The van der Waals surface area contributed by atoms with E-state index < -0.39 is 0 Å². The Hall–Kier alpha value is -1.04. The van der Waals surface area contributed by atoms with Crippen molar-refractivity contribution in [2.45, 2.75) is 46.1 Å². The Bertz CT molecular complexity index is 320. The van der Waals surface area contributed by atoms with Crippen LogP contribution < -0.4 is 5.32 Å². The highest BCUT2D eigenvalue weighted by molar-refractivity contribution is 5.87. The summed E-state index contributed by atoms with van der Waals surface area (Å²) in [5.74, 6) is 0.632. The van der Waals surface area contributed by atoms with Crippen LogP contribution in [0.1, 0.15) is 40.0 Å². The van der Waals surface area contributed by atoms with Crippen molar-refractivity contribution in [2.24, 2.45) is 16.7 Å². The second-order valence-corrected chi connectivity index (χ2v) is 5.71. The van der Waals surface area contributed by atoms with Crippen LogP contribution in [0.4, 0.5) is 0 Å². The molecule has 0 aromatic carbocycles. The van der Waals surface area contributed by atoms with Crippen LogP contribution in [0.15, 0.2) is 0 Å². The zero-order valence-corrected chi connectivity index (χ0v) is 9.63. The van der Waals surface area contributed by atoms with Crippen LogP contribution in [0, 0.1) is 28.1 Å². The van der Waals surface area contributed by atoms with Crippen molar-refractivity contribution >= 4 is 5.91 Å². The lowest BCUT2D eigenvalue weighted by Gasteiger charge is -2.65. The molecular formula is C12H18N2O. The third-order valence-corrected chi connectivity index (χ3v) is 4.11. The summed E-state index contributed by atoms with van der Waals surface area (Å²) < 4.78 is 0. The summed E-state index contributed by atoms with van der Waals surface area (Å²) >= 11 is 0. The average molecular weight is 206 g/mol. The summed E-state index contributed by atoms with van der Waals surface area (Å²) in [7, 11) is 0. The van der Waals surface area contributed by atoms with Gasteiger partial charge in [0.1, 0.15) is 0 Å². The van der Waals surface area contributed by atoms with E-state index in [-0.39, 0.29) is 22.8 Å². The minimum absolute atomic E-state index is 0.127. The van der Waals surface area contributed by atoms with Crippen LogP contribution in [-0.2, 0) is 4.79 Å². The SMILES string of the molecule is CC(C)C(C)NC(=O)C12CC(C#N)(C1)C2. The molecule has 1 unspecified atom stereocenters. The predicted octanol–water partition coefficient (Wildman–Crippen LogP) is 1.84. The van der Waals surface area contributed by atoms with Crippen molar-refractivity contribution in [1.82, 2.24) is 5.32 Å². The van der Waals surface area contributed by atoms with Gasteiger partial charge in [-0.25, -0.2) is 0 Å². The molecule has 82 valence electrons. The Balaban J connectivity index is 1.88. The molecule has 1 amide bonds. The van der Waals surface area contributed by atoms with Crippen molar-refractivity contribution in [3.8, 4) is 6.07 Å². The maximum Gasteiger partial charge on any atom is 0.226 e. The van der Waals surface area contributed by atoms with Crippen molar-refractivity contribution < 1.29 is 4.79 Å². The van der Waals surface area contributed by atoms with Crippen molar-refractivity contribution in [3.63, 3.8) is 0 Å². The van der Waals surface area contributed by atoms with Gasteiger partial charge in [0.2, 0.25) is 5.91 Å². The number of carbonyl (C=O) groups is 1. The molecular weight excluding hydrogens is 188 g/mol. The highest BCUT2D eigenvalue weighted by atomic mass is 16.2. The molecule has 0 aromatic heterocycles. The fourth-order valence-electron chi connectivity index (χ4n) is 2.67. The molecule has 3 aliphatic rings. The summed E-state index contributed by atoms with van der Waals surface area (Å²) in [6, 6.07) is 2.55. The second kappa shape index (κ2) is 2.98. The van der Waals surface area contributed by atoms with E-state index in [9.17, 15) is 4.79 Å². The molecule has 3 heteroatoms. The quantitative estimate of drug-likeness (QED) is 0.766. The lowest BCUT2D eigenvalue weighted by atomic mass is 9.35. The lowest BCUT2D eigenvalue weighted by Crippen LogP contribution is -2.67. The molecule has 15 heavy (non-hydrogen) atoms. The summed E-state index contributed by atoms with van der Waals surface area (Å²) in [6.45, 7) is 6.24. The molecule has 3 aliphatic carbocycles. The first kappa shape index (κ1) is 10.5. The normalized spacial score (nSPS) is 38.6. The zero-order chi connectivity index (χ0) is 11.3. The van der Waals surface area contributed by atoms with Gasteiger partial charge >= 0.3 is 0 Å². The van der Waals surface area contributed by atoms with Crippen LogP contribution in [0.5, 0.6) is 0 Å². The molecule has 3 saturated carbocycles. The average Bonchev–Trinajstić information content (AvgIpc) is 1.99. The summed E-state index contributed by atoms with van der Waals surface area (Å²) in [5, 5.41) is 11.9. The first-order valence-corrected chi connectivity index (χ1v) is 5.65. The predicted molar refractivity (Wildman–Crippen MR) is 56.8 cm³/mol. The monoisotopic (exact) mass is 206 g/mol.